The number of hydrogen-bond donors (Lipinski definition) is 1. The van der Waals surface area contributed by atoms with Gasteiger partial charge in [0.1, 0.15) is 12.4 Å². The Labute approximate surface area is 197 Å². The number of aromatic nitrogens is 1. The molecule has 1 N–H and O–H groups in total. The van der Waals surface area contributed by atoms with Gasteiger partial charge in [-0.05, 0) is 23.3 Å². The van der Waals surface area contributed by atoms with Crippen LogP contribution >= 0.6 is 0 Å². The Kier molecular flexibility index (Phi) is 5.71. The van der Waals surface area contributed by atoms with E-state index in [9.17, 15) is 14.4 Å². The van der Waals surface area contributed by atoms with Crippen molar-refractivity contribution < 1.29 is 14.4 Å². The van der Waals surface area contributed by atoms with E-state index in [0.717, 1.165) is 10.7 Å². The van der Waals surface area contributed by atoms with E-state index >= 15 is 0 Å². The molecule has 0 radical (unpaired) electrons. The number of carbonyl (C=O) groups is 3. The zero-order valence-corrected chi connectivity index (χ0v) is 18.6. The van der Waals surface area contributed by atoms with E-state index in [4.69, 9.17) is 0 Å². The van der Waals surface area contributed by atoms with Gasteiger partial charge in [0, 0.05) is 32.4 Å². The first-order chi connectivity index (χ1) is 16.6. The molecule has 2 aliphatic heterocycles. The van der Waals surface area contributed by atoms with E-state index in [-0.39, 0.29) is 12.5 Å². The van der Waals surface area contributed by atoms with Crippen molar-refractivity contribution in [2.45, 2.75) is 5.54 Å². The first-order valence-corrected chi connectivity index (χ1v) is 11.3. The minimum Gasteiger partial charge on any atom is -0.353 e. The quantitative estimate of drug-likeness (QED) is 0.597. The summed E-state index contributed by atoms with van der Waals surface area (Å²) in [5, 5.41) is 2.89. The zero-order valence-electron chi connectivity index (χ0n) is 18.6. The van der Waals surface area contributed by atoms with Crippen LogP contribution in [-0.2, 0) is 15.1 Å². The molecule has 2 aliphatic rings. The third-order valence-corrected chi connectivity index (χ3v) is 6.42. The van der Waals surface area contributed by atoms with Crippen molar-refractivity contribution in [2.24, 2.45) is 0 Å². The van der Waals surface area contributed by atoms with Crippen molar-refractivity contribution in [1.29, 1.82) is 0 Å². The van der Waals surface area contributed by atoms with Crippen LogP contribution in [0.2, 0.25) is 0 Å². The van der Waals surface area contributed by atoms with Gasteiger partial charge in [-0.2, -0.15) is 0 Å². The number of benzene rings is 2. The minimum absolute atomic E-state index is 0.249. The predicted octanol–water partition coefficient (Wildman–Crippen LogP) is 2.23. The maximum Gasteiger partial charge on any atom is 0.326 e. The first-order valence-electron chi connectivity index (χ1n) is 11.3. The first kappa shape index (κ1) is 21.6. The molecule has 172 valence electrons. The van der Waals surface area contributed by atoms with Gasteiger partial charge in [0.25, 0.3) is 5.91 Å². The Bertz CT molecular complexity index is 1140. The van der Waals surface area contributed by atoms with Gasteiger partial charge in [0.15, 0.2) is 5.54 Å². The summed E-state index contributed by atoms with van der Waals surface area (Å²) in [6.45, 7) is 1.99. The number of anilines is 1. The van der Waals surface area contributed by atoms with Gasteiger partial charge in [0.05, 0.1) is 0 Å². The van der Waals surface area contributed by atoms with Crippen molar-refractivity contribution in [2.75, 3.05) is 37.6 Å². The molecule has 0 bridgehead atoms. The summed E-state index contributed by atoms with van der Waals surface area (Å²) in [7, 11) is 0. The molecular formula is C26H25N5O3. The summed E-state index contributed by atoms with van der Waals surface area (Å²) < 4.78 is 0. The lowest BCUT2D eigenvalue weighted by atomic mass is 9.82. The molecule has 0 atom stereocenters. The number of imide groups is 1. The van der Waals surface area contributed by atoms with Crippen LogP contribution in [0.4, 0.5) is 10.6 Å². The Morgan fingerprint density at radius 3 is 1.97 bits per heavy atom. The zero-order chi connectivity index (χ0) is 23.5. The lowest BCUT2D eigenvalue weighted by molar-refractivity contribution is -0.138. The van der Waals surface area contributed by atoms with Gasteiger partial charge in [0.2, 0.25) is 5.91 Å². The average Bonchev–Trinajstić information content (AvgIpc) is 3.16. The molecule has 0 unspecified atom stereocenters. The molecule has 0 spiro atoms. The van der Waals surface area contributed by atoms with Gasteiger partial charge >= 0.3 is 6.03 Å². The summed E-state index contributed by atoms with van der Waals surface area (Å²) in [6.07, 6.45) is 1.75. The van der Waals surface area contributed by atoms with Gasteiger partial charge in [-0.3, -0.25) is 14.5 Å². The standard InChI is InChI=1S/C26H25N5O3/c32-23(30-17-15-29(16-18-30)22-13-7-8-14-27-22)19-31-24(33)26(28-25(31)34,20-9-3-1-4-10-20)21-11-5-2-6-12-21/h1-14H,15-19H2,(H,28,34). The second-order valence-corrected chi connectivity index (χ2v) is 8.36. The Morgan fingerprint density at radius 2 is 1.41 bits per heavy atom. The van der Waals surface area contributed by atoms with Gasteiger partial charge in [-0.15, -0.1) is 0 Å². The smallest absolute Gasteiger partial charge is 0.326 e. The molecule has 3 aromatic rings. The van der Waals surface area contributed by atoms with Gasteiger partial charge in [-0.1, -0.05) is 66.7 Å². The van der Waals surface area contributed by atoms with Crippen molar-refractivity contribution in [3.05, 3.63) is 96.2 Å². The van der Waals surface area contributed by atoms with Crippen LogP contribution in [0.15, 0.2) is 85.1 Å². The van der Waals surface area contributed by atoms with Gasteiger partial charge in [-0.25, -0.2) is 9.78 Å². The monoisotopic (exact) mass is 455 g/mol. The number of rotatable bonds is 5. The lowest BCUT2D eigenvalue weighted by Crippen LogP contribution is -2.52. The van der Waals surface area contributed by atoms with Crippen LogP contribution in [0.3, 0.4) is 0 Å². The molecule has 5 rings (SSSR count). The molecular weight excluding hydrogens is 430 g/mol. The molecule has 2 saturated heterocycles. The van der Waals surface area contributed by atoms with E-state index in [0.29, 0.717) is 37.3 Å². The predicted molar refractivity (Wildman–Crippen MR) is 127 cm³/mol. The fraction of sp³-hybridized carbons (Fsp3) is 0.231. The van der Waals surface area contributed by atoms with Crippen molar-refractivity contribution in [3.63, 3.8) is 0 Å². The summed E-state index contributed by atoms with van der Waals surface area (Å²) in [5.74, 6) is 0.177. The number of amides is 4. The number of pyridine rings is 1. The van der Waals surface area contributed by atoms with E-state index in [2.05, 4.69) is 15.2 Å². The van der Waals surface area contributed by atoms with Crippen LogP contribution in [0.1, 0.15) is 11.1 Å². The minimum atomic E-state index is -1.36. The van der Waals surface area contributed by atoms with Crippen molar-refractivity contribution >= 4 is 23.7 Å². The SMILES string of the molecule is O=C(CN1C(=O)NC(c2ccccc2)(c2ccccc2)C1=O)N1CCN(c2ccccn2)CC1. The van der Waals surface area contributed by atoms with Crippen molar-refractivity contribution in [3.8, 4) is 0 Å². The largest absolute Gasteiger partial charge is 0.353 e. The molecule has 34 heavy (non-hydrogen) atoms. The highest BCUT2D eigenvalue weighted by molar-refractivity contribution is 6.11. The molecule has 2 fully saturated rings. The topological polar surface area (TPSA) is 85.8 Å². The van der Waals surface area contributed by atoms with Gasteiger partial charge < -0.3 is 15.1 Å². The maximum absolute atomic E-state index is 13.7. The normalized spacial score (nSPS) is 17.6. The molecule has 0 aliphatic carbocycles. The summed E-state index contributed by atoms with van der Waals surface area (Å²) >= 11 is 0. The van der Waals surface area contributed by atoms with E-state index in [1.165, 1.54) is 0 Å². The number of urea groups is 1. The van der Waals surface area contributed by atoms with Crippen LogP contribution in [0, 0.1) is 0 Å². The molecule has 8 heteroatoms. The van der Waals surface area contributed by atoms with Crippen LogP contribution in [0.5, 0.6) is 0 Å². The highest BCUT2D eigenvalue weighted by Gasteiger charge is 2.54. The summed E-state index contributed by atoms with van der Waals surface area (Å²) in [5.41, 5.74) is -0.0608. The number of nitrogens with one attached hydrogen (secondary N) is 1. The Hall–Kier alpha value is -4.20. The van der Waals surface area contributed by atoms with Crippen LogP contribution in [0.25, 0.3) is 0 Å². The molecule has 2 aromatic carbocycles. The molecule has 1 aromatic heterocycles. The lowest BCUT2D eigenvalue weighted by Gasteiger charge is -2.36. The number of piperazine rings is 1. The van der Waals surface area contributed by atoms with Crippen LogP contribution < -0.4 is 10.2 Å². The molecule has 4 amide bonds. The average molecular weight is 456 g/mol. The second kappa shape index (κ2) is 8.97. The van der Waals surface area contributed by atoms with Crippen molar-refractivity contribution in [1.82, 2.24) is 20.1 Å². The van der Waals surface area contributed by atoms with E-state index < -0.39 is 17.5 Å². The summed E-state index contributed by atoms with van der Waals surface area (Å²) in [4.78, 5) is 49.1. The third-order valence-electron chi connectivity index (χ3n) is 6.42. The summed E-state index contributed by atoms with van der Waals surface area (Å²) in [6, 6.07) is 23.4. The number of carbonyl (C=O) groups excluding carboxylic acids is 3. The third kappa shape index (κ3) is 3.77. The maximum atomic E-state index is 13.7. The molecule has 0 saturated carbocycles. The van der Waals surface area contributed by atoms with E-state index in [1.807, 2.05) is 78.9 Å². The Morgan fingerprint density at radius 1 is 0.824 bits per heavy atom. The molecule has 3 heterocycles. The highest BCUT2D eigenvalue weighted by Crippen LogP contribution is 2.36. The molecule has 8 nitrogen and oxygen atoms in total. The van der Waals surface area contributed by atoms with E-state index in [1.54, 1.807) is 11.1 Å². The number of hydrogen-bond acceptors (Lipinski definition) is 5. The number of nitrogens with zero attached hydrogens (tertiary/aromatic N) is 4. The van der Waals surface area contributed by atoms with Crippen LogP contribution in [-0.4, -0.2) is 65.4 Å². The highest BCUT2D eigenvalue weighted by atomic mass is 16.2. The Balaban J connectivity index is 1.34. The second-order valence-electron chi connectivity index (χ2n) is 8.36. The fourth-order valence-corrected chi connectivity index (χ4v) is 4.61. The fourth-order valence-electron chi connectivity index (χ4n) is 4.61.